The molecule has 0 aliphatic carbocycles. The summed E-state index contributed by atoms with van der Waals surface area (Å²) in [5, 5.41) is 2.37. The van der Waals surface area contributed by atoms with Gasteiger partial charge in [-0.2, -0.15) is 9.13 Å². The minimum Gasteiger partial charge on any atom is -0.264 e. The Morgan fingerprint density at radius 1 is 0.593 bits per heavy atom. The maximum absolute atomic E-state index is 4.74. The first-order valence-corrected chi connectivity index (χ1v) is 19.1. The van der Waals surface area contributed by atoms with Gasteiger partial charge < -0.3 is 0 Å². The Morgan fingerprint density at radius 3 is 2.26 bits per heavy atom. The van der Waals surface area contributed by atoms with E-state index in [4.69, 9.17) is 6.58 Å². The van der Waals surface area contributed by atoms with E-state index in [2.05, 4.69) is 179 Å². The van der Waals surface area contributed by atoms with Crippen molar-refractivity contribution in [2.75, 3.05) is 0 Å². The van der Waals surface area contributed by atoms with Gasteiger partial charge in [-0.25, -0.2) is 0 Å². The molecule has 3 aromatic heterocycles. The summed E-state index contributed by atoms with van der Waals surface area (Å²) in [5.74, 6) is 0.346. The molecule has 0 N–H and O–H groups in total. The van der Waals surface area contributed by atoms with Crippen LogP contribution in [0.1, 0.15) is 41.5 Å². The van der Waals surface area contributed by atoms with E-state index in [1.807, 2.05) is 12.4 Å². The summed E-state index contributed by atoms with van der Waals surface area (Å²) in [6.45, 7) is 6.93. The van der Waals surface area contributed by atoms with Crippen LogP contribution in [0, 0.1) is 6.92 Å². The van der Waals surface area contributed by atoms with Crippen molar-refractivity contribution in [3.63, 3.8) is 0 Å². The van der Waals surface area contributed by atoms with Gasteiger partial charge in [0.2, 0.25) is 11.4 Å². The molecule has 0 spiro atoms. The third-order valence-corrected chi connectivity index (χ3v) is 11.8. The predicted octanol–water partition coefficient (Wildman–Crippen LogP) is 11.6. The van der Waals surface area contributed by atoms with Crippen LogP contribution in [0.15, 0.2) is 177 Å². The molecule has 0 amide bonds. The van der Waals surface area contributed by atoms with Crippen LogP contribution in [0.25, 0.3) is 72.4 Å². The second-order valence-corrected chi connectivity index (χ2v) is 14.9. The van der Waals surface area contributed by atoms with Crippen LogP contribution in [0.2, 0.25) is 0 Å². The van der Waals surface area contributed by atoms with E-state index >= 15 is 0 Å². The highest BCUT2D eigenvalue weighted by molar-refractivity contribution is 6.05. The molecular weight excluding hydrogens is 655 g/mol. The lowest BCUT2D eigenvalue weighted by atomic mass is 9.77. The van der Waals surface area contributed by atoms with Crippen LogP contribution in [-0.4, -0.2) is 4.98 Å². The number of benzene rings is 5. The summed E-state index contributed by atoms with van der Waals surface area (Å²) >= 11 is 0. The summed E-state index contributed by atoms with van der Waals surface area (Å²) in [7, 11) is 0. The van der Waals surface area contributed by atoms with Gasteiger partial charge >= 0.3 is 0 Å². The Hall–Kier alpha value is -6.45. The minimum absolute atomic E-state index is 0.262. The molecule has 2 aliphatic heterocycles. The highest BCUT2D eigenvalue weighted by Gasteiger charge is 2.42. The van der Waals surface area contributed by atoms with E-state index in [1.165, 1.54) is 78.0 Å². The third kappa shape index (κ3) is 5.47. The number of hydrogen-bond acceptors (Lipinski definition) is 1. The standard InChI is InChI=1S/C51H41N3/c1-34-25-28-54-50(29-34)46-16-7-6-15-44(46)47-21-19-40-32-39(18-20-43(40)49-17-8-9-27-53(49)35(2)30-51(47)54)41-22-23-42(48-33-52-26-24-45(41)48)38-14-10-13-37(31-38)36-11-4-3-5-12-36/h3-18,20,22-29,31-33,47,51H,2,19,21,30H2,1H3/q+2. The van der Waals surface area contributed by atoms with Crippen molar-refractivity contribution >= 4 is 16.5 Å². The topological polar surface area (TPSA) is 20.6 Å². The second-order valence-electron chi connectivity index (χ2n) is 14.9. The van der Waals surface area contributed by atoms with Crippen LogP contribution in [0.4, 0.5) is 0 Å². The summed E-state index contributed by atoms with van der Waals surface area (Å²) in [6.07, 6.45) is 11.3. The monoisotopic (exact) mass is 695 g/mol. The van der Waals surface area contributed by atoms with Crippen molar-refractivity contribution in [1.29, 1.82) is 0 Å². The Labute approximate surface area is 317 Å². The van der Waals surface area contributed by atoms with Crippen molar-refractivity contribution in [1.82, 2.24) is 4.98 Å². The fourth-order valence-corrected chi connectivity index (χ4v) is 9.16. The molecule has 5 heterocycles. The number of aryl methyl sites for hydroxylation is 2. The SMILES string of the molecule is C=C1CC2C(CCc3cc(-c4ccc(-c5cccc(-c6ccccc6)c5)c5cnccc45)ccc3-c3cccc[n+]31)c1ccccc1-c1cc(C)cc[n+]12. The molecule has 2 unspecified atom stereocenters. The smallest absolute Gasteiger partial charge is 0.218 e. The van der Waals surface area contributed by atoms with E-state index < -0.39 is 0 Å². The van der Waals surface area contributed by atoms with E-state index in [9.17, 15) is 0 Å². The molecule has 0 bridgehead atoms. The minimum atomic E-state index is 0.262. The van der Waals surface area contributed by atoms with Crippen molar-refractivity contribution in [2.24, 2.45) is 0 Å². The molecule has 8 aromatic rings. The highest BCUT2D eigenvalue weighted by Crippen LogP contribution is 2.45. The number of aromatic nitrogens is 3. The number of hydrogen-bond donors (Lipinski definition) is 0. The van der Waals surface area contributed by atoms with Gasteiger partial charge in [0.15, 0.2) is 24.1 Å². The lowest BCUT2D eigenvalue weighted by Gasteiger charge is -2.31. The van der Waals surface area contributed by atoms with E-state index in [-0.39, 0.29) is 6.04 Å². The maximum atomic E-state index is 4.74. The van der Waals surface area contributed by atoms with Gasteiger partial charge in [0.05, 0.1) is 6.42 Å². The Balaban J connectivity index is 1.10. The largest absolute Gasteiger partial charge is 0.264 e. The fourth-order valence-electron chi connectivity index (χ4n) is 9.16. The molecule has 10 rings (SSSR count). The van der Waals surface area contributed by atoms with E-state index in [0.717, 1.165) is 30.3 Å². The van der Waals surface area contributed by atoms with Gasteiger partial charge in [-0.3, -0.25) is 4.98 Å². The van der Waals surface area contributed by atoms with Crippen LogP contribution in [0.3, 0.4) is 0 Å². The molecule has 0 saturated heterocycles. The molecule has 258 valence electrons. The lowest BCUT2D eigenvalue weighted by molar-refractivity contribution is -0.720. The summed E-state index contributed by atoms with van der Waals surface area (Å²) in [4.78, 5) is 4.62. The van der Waals surface area contributed by atoms with Gasteiger partial charge in [-0.05, 0) is 112 Å². The zero-order valence-corrected chi connectivity index (χ0v) is 30.5. The molecule has 2 atom stereocenters. The highest BCUT2D eigenvalue weighted by atomic mass is 15.0. The van der Waals surface area contributed by atoms with Crippen molar-refractivity contribution in [2.45, 2.75) is 38.1 Å². The van der Waals surface area contributed by atoms with Crippen molar-refractivity contribution < 1.29 is 9.13 Å². The average molecular weight is 696 g/mol. The molecular formula is C51H41N3+2. The van der Waals surface area contributed by atoms with Gasteiger partial charge in [-0.1, -0.05) is 91.0 Å². The van der Waals surface area contributed by atoms with Crippen molar-refractivity contribution in [3.8, 4) is 55.9 Å². The number of rotatable bonds is 3. The normalized spacial score (nSPS) is 16.1. The molecule has 2 aliphatic rings. The first kappa shape index (κ1) is 32.2. The second kappa shape index (κ2) is 13.2. The van der Waals surface area contributed by atoms with Crippen molar-refractivity contribution in [3.05, 3.63) is 194 Å². The van der Waals surface area contributed by atoms with E-state index in [1.54, 1.807) is 0 Å². The number of pyridine rings is 3. The average Bonchev–Trinajstić information content (AvgIpc) is 3.23. The molecule has 0 radical (unpaired) electrons. The Bertz CT molecular complexity index is 2740. The Kier molecular flexibility index (Phi) is 7.87. The predicted molar refractivity (Wildman–Crippen MR) is 221 cm³/mol. The molecule has 3 heteroatoms. The number of fused-ring (bicyclic) bond motifs is 10. The van der Waals surface area contributed by atoms with E-state index in [0.29, 0.717) is 5.92 Å². The van der Waals surface area contributed by atoms with Gasteiger partial charge in [-0.15, -0.1) is 0 Å². The summed E-state index contributed by atoms with van der Waals surface area (Å²) < 4.78 is 4.86. The zero-order chi connectivity index (χ0) is 36.2. The summed E-state index contributed by atoms with van der Waals surface area (Å²) in [6, 6.07) is 53.8. The van der Waals surface area contributed by atoms with Gasteiger partial charge in [0.25, 0.3) is 0 Å². The quantitative estimate of drug-likeness (QED) is 0.169. The first-order chi connectivity index (χ1) is 26.6. The van der Waals surface area contributed by atoms with Crippen LogP contribution >= 0.6 is 0 Å². The number of nitrogens with zero attached hydrogens (tertiary/aromatic N) is 3. The molecule has 5 aromatic carbocycles. The molecule has 0 fully saturated rings. The fraction of sp³-hybridized carbons (Fsp3) is 0.118. The van der Waals surface area contributed by atoms with Crippen LogP contribution in [0.5, 0.6) is 0 Å². The van der Waals surface area contributed by atoms with Crippen LogP contribution < -0.4 is 9.13 Å². The van der Waals surface area contributed by atoms with Gasteiger partial charge in [0.1, 0.15) is 0 Å². The molecule has 3 nitrogen and oxygen atoms in total. The number of allylic oxidation sites excluding steroid dienone is 1. The summed E-state index contributed by atoms with van der Waals surface area (Å²) in [5.41, 5.74) is 17.6. The third-order valence-electron chi connectivity index (χ3n) is 11.8. The first-order valence-electron chi connectivity index (χ1n) is 19.1. The van der Waals surface area contributed by atoms with Crippen LogP contribution in [-0.2, 0) is 6.42 Å². The zero-order valence-electron chi connectivity index (χ0n) is 30.5. The molecule has 54 heavy (non-hydrogen) atoms. The Morgan fingerprint density at radius 2 is 1.35 bits per heavy atom. The lowest BCUT2D eigenvalue weighted by Crippen LogP contribution is -2.49. The molecule has 0 saturated carbocycles. The van der Waals surface area contributed by atoms with Gasteiger partial charge in [0, 0.05) is 59.1 Å². The maximum Gasteiger partial charge on any atom is 0.218 e.